The van der Waals surface area contributed by atoms with Crippen molar-refractivity contribution in [3.8, 4) is 11.3 Å². The van der Waals surface area contributed by atoms with E-state index in [0.29, 0.717) is 20.9 Å². The Morgan fingerprint density at radius 2 is 1.88 bits per heavy atom. The summed E-state index contributed by atoms with van der Waals surface area (Å²) >= 11 is 13.2. The quantitative estimate of drug-likeness (QED) is 0.837. The standard InChI is InChI=1S/C18H16Cl2N2O3S/c19-11-4-3-8(6-12(11)20)13-7-26-18(21-13)22-16(23)14-9-1-2-10(5-9)15(14)17(24)25/h3-4,6-7,9-10,14-15H,1-2,5H2,(H,24,25)(H,21,22,23)/p-1/t9-,10+,14+,15+/m1/s1. The number of thiazole rings is 1. The van der Waals surface area contributed by atoms with Gasteiger partial charge in [0.15, 0.2) is 5.13 Å². The summed E-state index contributed by atoms with van der Waals surface area (Å²) in [6.45, 7) is 0. The van der Waals surface area contributed by atoms with Crippen LogP contribution in [0.15, 0.2) is 23.6 Å². The van der Waals surface area contributed by atoms with Crippen molar-refractivity contribution in [1.82, 2.24) is 4.98 Å². The van der Waals surface area contributed by atoms with Crippen LogP contribution in [0.3, 0.4) is 0 Å². The third-order valence-corrected chi connectivity index (χ3v) is 6.94. The predicted octanol–water partition coefficient (Wildman–Crippen LogP) is 3.47. The lowest BCUT2D eigenvalue weighted by Gasteiger charge is -2.30. The van der Waals surface area contributed by atoms with Crippen molar-refractivity contribution < 1.29 is 14.7 Å². The van der Waals surface area contributed by atoms with Crippen LogP contribution in [0.25, 0.3) is 11.3 Å². The fourth-order valence-corrected chi connectivity index (χ4v) is 5.34. The van der Waals surface area contributed by atoms with Crippen LogP contribution in [-0.2, 0) is 9.59 Å². The van der Waals surface area contributed by atoms with E-state index >= 15 is 0 Å². The first-order valence-corrected chi connectivity index (χ1v) is 10.0. The van der Waals surface area contributed by atoms with Crippen molar-refractivity contribution in [3.05, 3.63) is 33.6 Å². The molecule has 4 rings (SSSR count). The number of aliphatic carboxylic acids is 1. The average Bonchev–Trinajstić information content (AvgIpc) is 3.32. The number of anilines is 1. The van der Waals surface area contributed by atoms with E-state index < -0.39 is 17.8 Å². The van der Waals surface area contributed by atoms with E-state index in [-0.39, 0.29) is 17.7 Å². The maximum absolute atomic E-state index is 12.7. The van der Waals surface area contributed by atoms with E-state index in [0.717, 1.165) is 24.8 Å². The zero-order valence-electron chi connectivity index (χ0n) is 13.6. The molecule has 1 aromatic heterocycles. The van der Waals surface area contributed by atoms with Gasteiger partial charge in [-0.2, -0.15) is 0 Å². The normalized spacial score (nSPS) is 26.8. The van der Waals surface area contributed by atoms with Gasteiger partial charge in [0, 0.05) is 28.7 Å². The van der Waals surface area contributed by atoms with Crippen molar-refractivity contribution in [2.45, 2.75) is 19.3 Å². The van der Waals surface area contributed by atoms with Crippen molar-refractivity contribution in [2.75, 3.05) is 5.32 Å². The zero-order chi connectivity index (χ0) is 18.4. The maximum Gasteiger partial charge on any atom is 0.230 e. The van der Waals surface area contributed by atoms with Crippen LogP contribution in [-0.4, -0.2) is 16.9 Å². The molecule has 26 heavy (non-hydrogen) atoms. The Hall–Kier alpha value is -1.63. The van der Waals surface area contributed by atoms with Gasteiger partial charge in [0.05, 0.1) is 15.7 Å². The van der Waals surface area contributed by atoms with Crippen LogP contribution in [0.1, 0.15) is 19.3 Å². The lowest BCUT2D eigenvalue weighted by atomic mass is 9.79. The summed E-state index contributed by atoms with van der Waals surface area (Å²) in [5, 5.41) is 17.4. The number of hydrogen-bond acceptors (Lipinski definition) is 5. The highest BCUT2D eigenvalue weighted by molar-refractivity contribution is 7.14. The van der Waals surface area contributed by atoms with Gasteiger partial charge in [-0.3, -0.25) is 4.79 Å². The predicted molar refractivity (Wildman–Crippen MR) is 99.0 cm³/mol. The van der Waals surface area contributed by atoms with Crippen LogP contribution < -0.4 is 10.4 Å². The summed E-state index contributed by atoms with van der Waals surface area (Å²) < 4.78 is 0. The zero-order valence-corrected chi connectivity index (χ0v) is 15.9. The van der Waals surface area contributed by atoms with Crippen molar-refractivity contribution in [1.29, 1.82) is 0 Å². The van der Waals surface area contributed by atoms with Crippen LogP contribution in [0.4, 0.5) is 5.13 Å². The van der Waals surface area contributed by atoms with Gasteiger partial charge in [-0.1, -0.05) is 29.3 Å². The fraction of sp³-hybridized carbons (Fsp3) is 0.389. The molecule has 0 saturated heterocycles. The molecule has 0 radical (unpaired) electrons. The van der Waals surface area contributed by atoms with Gasteiger partial charge in [0.2, 0.25) is 5.91 Å². The number of carbonyl (C=O) groups excluding carboxylic acids is 2. The Kier molecular flexibility index (Phi) is 4.67. The second kappa shape index (κ2) is 6.83. The molecule has 2 saturated carbocycles. The van der Waals surface area contributed by atoms with Gasteiger partial charge in [-0.25, -0.2) is 4.98 Å². The largest absolute Gasteiger partial charge is 0.550 e. The molecule has 1 aromatic carbocycles. The Morgan fingerprint density at radius 1 is 1.15 bits per heavy atom. The maximum atomic E-state index is 12.7. The van der Waals surface area contributed by atoms with E-state index in [1.165, 1.54) is 11.3 Å². The minimum atomic E-state index is -1.12. The summed E-state index contributed by atoms with van der Waals surface area (Å²) in [5.74, 6) is -2.44. The number of halogens is 2. The highest BCUT2D eigenvalue weighted by Crippen LogP contribution is 2.52. The van der Waals surface area contributed by atoms with Gasteiger partial charge in [0.25, 0.3) is 0 Å². The molecule has 2 fully saturated rings. The number of carboxylic acid groups (broad SMARTS) is 1. The Labute approximate surface area is 164 Å². The number of carboxylic acids is 1. The number of benzene rings is 1. The van der Waals surface area contributed by atoms with E-state index in [4.69, 9.17) is 23.2 Å². The molecular formula is C18H15Cl2N2O3S-. The van der Waals surface area contributed by atoms with Crippen LogP contribution in [0, 0.1) is 23.7 Å². The molecule has 136 valence electrons. The minimum Gasteiger partial charge on any atom is -0.550 e. The molecule has 1 amide bonds. The molecule has 8 heteroatoms. The number of hydrogen-bond donors (Lipinski definition) is 1. The number of amides is 1. The second-order valence-corrected chi connectivity index (χ2v) is 8.53. The minimum absolute atomic E-state index is 0.0591. The molecule has 4 atom stereocenters. The van der Waals surface area contributed by atoms with E-state index in [1.807, 2.05) is 5.38 Å². The first-order valence-electron chi connectivity index (χ1n) is 8.36. The first kappa shape index (κ1) is 17.8. The second-order valence-electron chi connectivity index (χ2n) is 6.86. The third-order valence-electron chi connectivity index (χ3n) is 5.44. The first-order chi connectivity index (χ1) is 12.4. The van der Waals surface area contributed by atoms with Crippen molar-refractivity contribution in [3.63, 3.8) is 0 Å². The molecular weight excluding hydrogens is 395 g/mol. The van der Waals surface area contributed by atoms with Crippen molar-refractivity contribution in [2.24, 2.45) is 23.7 Å². The highest BCUT2D eigenvalue weighted by atomic mass is 35.5. The van der Waals surface area contributed by atoms with Gasteiger partial charge in [0.1, 0.15) is 0 Å². The SMILES string of the molecule is O=C([O-])[C@H]1[C@H]2CC[C@H](C2)[C@@H]1C(=O)Nc1nc(-c2ccc(Cl)c(Cl)c2)cs1. The number of rotatable bonds is 4. The van der Waals surface area contributed by atoms with Gasteiger partial charge >= 0.3 is 0 Å². The fourth-order valence-electron chi connectivity index (χ4n) is 4.32. The lowest BCUT2D eigenvalue weighted by molar-refractivity contribution is -0.314. The summed E-state index contributed by atoms with van der Waals surface area (Å²) in [6, 6.07) is 5.21. The number of fused-ring (bicyclic) bond motifs is 2. The molecule has 5 nitrogen and oxygen atoms in total. The van der Waals surface area contributed by atoms with E-state index in [9.17, 15) is 14.7 Å². The Balaban J connectivity index is 1.51. The van der Waals surface area contributed by atoms with E-state index in [2.05, 4.69) is 10.3 Å². The molecule has 0 unspecified atom stereocenters. The number of nitrogens with one attached hydrogen (secondary N) is 1. The van der Waals surface area contributed by atoms with Crippen LogP contribution in [0.5, 0.6) is 0 Å². The molecule has 1 heterocycles. The molecule has 2 aliphatic rings. The Morgan fingerprint density at radius 3 is 2.58 bits per heavy atom. The van der Waals surface area contributed by atoms with Crippen LogP contribution in [0.2, 0.25) is 10.0 Å². The van der Waals surface area contributed by atoms with Crippen LogP contribution >= 0.6 is 34.5 Å². The average molecular weight is 410 g/mol. The third kappa shape index (κ3) is 3.10. The molecule has 2 aliphatic carbocycles. The highest BCUT2D eigenvalue weighted by Gasteiger charge is 2.51. The van der Waals surface area contributed by atoms with Gasteiger partial charge < -0.3 is 15.2 Å². The monoisotopic (exact) mass is 409 g/mol. The van der Waals surface area contributed by atoms with Gasteiger partial charge in [-0.15, -0.1) is 11.3 Å². The summed E-state index contributed by atoms with van der Waals surface area (Å²) in [5.41, 5.74) is 1.47. The number of aromatic nitrogens is 1. The Bertz CT molecular complexity index is 885. The number of carbonyl (C=O) groups is 2. The van der Waals surface area contributed by atoms with Crippen molar-refractivity contribution >= 4 is 51.5 Å². The molecule has 0 aliphatic heterocycles. The smallest absolute Gasteiger partial charge is 0.230 e. The molecule has 1 N–H and O–H groups in total. The number of nitrogens with zero attached hydrogens (tertiary/aromatic N) is 1. The van der Waals surface area contributed by atoms with E-state index in [1.54, 1.807) is 18.2 Å². The lowest BCUT2D eigenvalue weighted by Crippen LogP contribution is -2.43. The molecule has 2 bridgehead atoms. The topological polar surface area (TPSA) is 82.1 Å². The van der Waals surface area contributed by atoms with Gasteiger partial charge in [-0.05, 0) is 43.2 Å². The summed E-state index contributed by atoms with van der Waals surface area (Å²) in [6.07, 6.45) is 2.56. The summed E-state index contributed by atoms with van der Waals surface area (Å²) in [7, 11) is 0. The molecule has 0 spiro atoms. The summed E-state index contributed by atoms with van der Waals surface area (Å²) in [4.78, 5) is 28.6. The molecule has 2 aromatic rings.